The molecule has 25 heavy (non-hydrogen) atoms. The van der Waals surface area contributed by atoms with E-state index in [-0.39, 0.29) is 30.9 Å². The first-order valence-corrected chi connectivity index (χ1v) is 9.25. The van der Waals surface area contributed by atoms with Crippen molar-refractivity contribution in [3.8, 4) is 0 Å². The fourth-order valence-corrected chi connectivity index (χ4v) is 3.46. The summed E-state index contributed by atoms with van der Waals surface area (Å²) in [4.78, 5) is 26.9. The number of rotatable bonds is 7. The van der Waals surface area contributed by atoms with E-state index in [2.05, 4.69) is 10.6 Å². The molecule has 1 heterocycles. The molecule has 5 nitrogen and oxygen atoms in total. The van der Waals surface area contributed by atoms with Crippen molar-refractivity contribution in [2.24, 2.45) is 0 Å². The molecule has 134 valence electrons. The summed E-state index contributed by atoms with van der Waals surface area (Å²) in [5.41, 5.74) is 0.375. The van der Waals surface area contributed by atoms with Gasteiger partial charge in [0.1, 0.15) is 0 Å². The zero-order valence-corrected chi connectivity index (χ0v) is 16.2. The Labute approximate surface area is 160 Å². The third-order valence-corrected chi connectivity index (χ3v) is 5.09. The number of thiophene rings is 1. The summed E-state index contributed by atoms with van der Waals surface area (Å²) in [6.07, 6.45) is 0. The van der Waals surface area contributed by atoms with Crippen molar-refractivity contribution in [2.75, 3.05) is 25.5 Å². The molecule has 0 aliphatic carbocycles. The van der Waals surface area contributed by atoms with Crippen LogP contribution in [0.5, 0.6) is 0 Å². The minimum Gasteiger partial charge on any atom is -0.348 e. The van der Waals surface area contributed by atoms with Crippen LogP contribution in [0.4, 0.5) is 5.69 Å². The van der Waals surface area contributed by atoms with E-state index < -0.39 is 0 Å². The fraction of sp³-hybridized carbons (Fsp3) is 0.294. The number of benzene rings is 1. The highest BCUT2D eigenvalue weighted by Crippen LogP contribution is 2.29. The van der Waals surface area contributed by atoms with E-state index in [0.29, 0.717) is 15.7 Å². The number of nitrogens with zero attached hydrogens (tertiary/aromatic N) is 1. The SMILES string of the molecule is C[C@@H](NC(=O)CN(C)CC(=O)Nc1c(Cl)cccc1Cl)c1cccs1. The van der Waals surface area contributed by atoms with Gasteiger partial charge in [-0.1, -0.05) is 35.3 Å². The van der Waals surface area contributed by atoms with Crippen LogP contribution in [0.15, 0.2) is 35.7 Å². The van der Waals surface area contributed by atoms with Crippen LogP contribution in [0.3, 0.4) is 0 Å². The first kappa shape index (κ1) is 19.7. The molecule has 1 aromatic heterocycles. The van der Waals surface area contributed by atoms with Crippen LogP contribution in [-0.2, 0) is 9.59 Å². The van der Waals surface area contributed by atoms with Crippen LogP contribution in [-0.4, -0.2) is 36.9 Å². The highest BCUT2D eigenvalue weighted by Gasteiger charge is 2.15. The lowest BCUT2D eigenvalue weighted by Crippen LogP contribution is -2.39. The predicted molar refractivity (Wildman–Crippen MR) is 103 cm³/mol. The Morgan fingerprint density at radius 1 is 1.12 bits per heavy atom. The number of amides is 2. The van der Waals surface area contributed by atoms with Gasteiger partial charge in [0, 0.05) is 4.88 Å². The van der Waals surface area contributed by atoms with Crippen molar-refractivity contribution in [3.05, 3.63) is 50.6 Å². The van der Waals surface area contributed by atoms with Gasteiger partial charge < -0.3 is 10.6 Å². The molecule has 0 saturated carbocycles. The number of halogens is 2. The van der Waals surface area contributed by atoms with Gasteiger partial charge >= 0.3 is 0 Å². The minimum absolute atomic E-state index is 0.0440. The number of anilines is 1. The van der Waals surface area contributed by atoms with Crippen molar-refractivity contribution in [1.82, 2.24) is 10.2 Å². The van der Waals surface area contributed by atoms with Crippen LogP contribution in [0, 0.1) is 0 Å². The standard InChI is InChI=1S/C17H19Cl2N3O2S/c1-11(14-7-4-8-25-14)20-15(23)9-22(2)10-16(24)21-17-12(18)5-3-6-13(17)19/h3-8,11H,9-10H2,1-2H3,(H,20,23)(H,21,24)/t11-/m1/s1. The largest absolute Gasteiger partial charge is 0.348 e. The van der Waals surface area contributed by atoms with Gasteiger partial charge in [-0.05, 0) is 37.6 Å². The quantitative estimate of drug-likeness (QED) is 0.743. The molecule has 2 N–H and O–H groups in total. The van der Waals surface area contributed by atoms with E-state index in [4.69, 9.17) is 23.2 Å². The Morgan fingerprint density at radius 3 is 2.36 bits per heavy atom. The summed E-state index contributed by atoms with van der Waals surface area (Å²) in [5, 5.41) is 8.28. The maximum absolute atomic E-state index is 12.1. The number of likely N-dealkylation sites (N-methyl/N-ethyl adjacent to an activating group) is 1. The lowest BCUT2D eigenvalue weighted by molar-refractivity contribution is -0.123. The zero-order chi connectivity index (χ0) is 18.4. The Balaban J connectivity index is 1.82. The van der Waals surface area contributed by atoms with Gasteiger partial charge in [-0.3, -0.25) is 14.5 Å². The maximum Gasteiger partial charge on any atom is 0.238 e. The number of para-hydroxylation sites is 1. The molecular formula is C17H19Cl2N3O2S. The van der Waals surface area contributed by atoms with E-state index in [1.807, 2.05) is 24.4 Å². The van der Waals surface area contributed by atoms with Crippen molar-refractivity contribution in [1.29, 1.82) is 0 Å². The second kappa shape index (κ2) is 9.20. The molecular weight excluding hydrogens is 381 g/mol. The smallest absolute Gasteiger partial charge is 0.238 e. The average molecular weight is 400 g/mol. The van der Waals surface area contributed by atoms with Gasteiger partial charge in [-0.15, -0.1) is 11.3 Å². The Hall–Kier alpha value is -1.60. The van der Waals surface area contributed by atoms with Gasteiger partial charge in [0.2, 0.25) is 11.8 Å². The zero-order valence-electron chi connectivity index (χ0n) is 13.9. The highest BCUT2D eigenvalue weighted by molar-refractivity contribution is 7.10. The molecule has 0 aliphatic heterocycles. The highest BCUT2D eigenvalue weighted by atomic mass is 35.5. The molecule has 0 unspecified atom stereocenters. The fourth-order valence-electron chi connectivity index (χ4n) is 2.24. The topological polar surface area (TPSA) is 61.4 Å². The minimum atomic E-state index is -0.295. The predicted octanol–water partition coefficient (Wildman–Crippen LogP) is 3.80. The van der Waals surface area contributed by atoms with Gasteiger partial charge in [0.25, 0.3) is 0 Å². The Kier molecular flexibility index (Phi) is 7.25. The van der Waals surface area contributed by atoms with E-state index in [1.165, 1.54) is 0 Å². The number of nitrogens with one attached hydrogen (secondary N) is 2. The Bertz CT molecular complexity index is 717. The van der Waals surface area contributed by atoms with Crippen LogP contribution in [0.1, 0.15) is 17.8 Å². The molecule has 0 saturated heterocycles. The van der Waals surface area contributed by atoms with Crippen molar-refractivity contribution in [3.63, 3.8) is 0 Å². The van der Waals surface area contributed by atoms with Crippen LogP contribution < -0.4 is 10.6 Å². The lowest BCUT2D eigenvalue weighted by Gasteiger charge is -2.18. The lowest BCUT2D eigenvalue weighted by atomic mass is 10.2. The molecule has 0 fully saturated rings. The van der Waals surface area contributed by atoms with E-state index >= 15 is 0 Å². The third-order valence-electron chi connectivity index (χ3n) is 3.40. The number of hydrogen-bond acceptors (Lipinski definition) is 4. The summed E-state index contributed by atoms with van der Waals surface area (Å²) in [5.74, 6) is -0.441. The van der Waals surface area contributed by atoms with Gasteiger partial charge in [-0.25, -0.2) is 0 Å². The monoisotopic (exact) mass is 399 g/mol. The van der Waals surface area contributed by atoms with Crippen molar-refractivity contribution < 1.29 is 9.59 Å². The average Bonchev–Trinajstić information content (AvgIpc) is 3.05. The van der Waals surface area contributed by atoms with Crippen molar-refractivity contribution in [2.45, 2.75) is 13.0 Å². The van der Waals surface area contributed by atoms with Crippen LogP contribution in [0.25, 0.3) is 0 Å². The number of hydrogen-bond donors (Lipinski definition) is 2. The summed E-state index contributed by atoms with van der Waals surface area (Å²) >= 11 is 13.6. The van der Waals surface area contributed by atoms with Crippen molar-refractivity contribution >= 4 is 52.0 Å². The molecule has 1 aromatic carbocycles. The summed E-state index contributed by atoms with van der Waals surface area (Å²) in [6, 6.07) is 8.85. The summed E-state index contributed by atoms with van der Waals surface area (Å²) < 4.78 is 0. The van der Waals surface area contributed by atoms with Gasteiger partial charge in [-0.2, -0.15) is 0 Å². The summed E-state index contributed by atoms with van der Waals surface area (Å²) in [6.45, 7) is 2.08. The number of carbonyl (C=O) groups is 2. The maximum atomic E-state index is 12.1. The molecule has 0 radical (unpaired) electrons. The molecule has 0 spiro atoms. The van der Waals surface area contributed by atoms with Crippen LogP contribution in [0.2, 0.25) is 10.0 Å². The third kappa shape index (κ3) is 6.01. The van der Waals surface area contributed by atoms with Gasteiger partial charge in [0.05, 0.1) is 34.9 Å². The summed E-state index contributed by atoms with van der Waals surface area (Å²) in [7, 11) is 1.70. The number of carbonyl (C=O) groups excluding carboxylic acids is 2. The van der Waals surface area contributed by atoms with E-state index in [1.54, 1.807) is 41.5 Å². The van der Waals surface area contributed by atoms with Gasteiger partial charge in [0.15, 0.2) is 0 Å². The normalized spacial score (nSPS) is 12.0. The molecule has 2 amide bonds. The molecule has 2 aromatic rings. The molecule has 0 aliphatic rings. The molecule has 1 atom stereocenters. The molecule has 2 rings (SSSR count). The van der Waals surface area contributed by atoms with Crippen LogP contribution >= 0.6 is 34.5 Å². The molecule has 0 bridgehead atoms. The van der Waals surface area contributed by atoms with E-state index in [0.717, 1.165) is 4.88 Å². The first-order chi connectivity index (χ1) is 11.9. The second-order valence-corrected chi connectivity index (χ2v) is 7.42. The van der Waals surface area contributed by atoms with E-state index in [9.17, 15) is 9.59 Å². The first-order valence-electron chi connectivity index (χ1n) is 7.62. The molecule has 8 heteroatoms. The second-order valence-electron chi connectivity index (χ2n) is 5.62. The Morgan fingerprint density at radius 2 is 1.76 bits per heavy atom.